The number of nitrogens with one attached hydrogen (secondary N) is 1. The first-order valence-corrected chi connectivity index (χ1v) is 10.1. The Morgan fingerprint density at radius 2 is 1.79 bits per heavy atom. The van der Waals surface area contributed by atoms with E-state index < -0.39 is 6.10 Å². The summed E-state index contributed by atoms with van der Waals surface area (Å²) in [4.78, 5) is 26.6. The van der Waals surface area contributed by atoms with Gasteiger partial charge in [0.2, 0.25) is 5.91 Å². The van der Waals surface area contributed by atoms with Gasteiger partial charge in [-0.3, -0.25) is 9.59 Å². The van der Waals surface area contributed by atoms with Crippen LogP contribution in [0.25, 0.3) is 0 Å². The zero-order chi connectivity index (χ0) is 21.6. The third-order valence-electron chi connectivity index (χ3n) is 4.87. The molecule has 2 aromatic carbocycles. The van der Waals surface area contributed by atoms with E-state index in [2.05, 4.69) is 19.2 Å². The van der Waals surface area contributed by atoms with E-state index in [1.165, 1.54) is 4.90 Å². The standard InChI is InChI=1S/C24H32N2O3/c1-7-19-10-8-9-11-21(19)25-23(27)15-26(6)24(28)18(5)29-22-14-17(4)12-13-20(22)16(2)3/h8-14,16,18H,7,15H2,1-6H3,(H,25,27). The lowest BCUT2D eigenvalue weighted by atomic mass is 10.0. The van der Waals surface area contributed by atoms with Crippen LogP contribution in [0.5, 0.6) is 5.75 Å². The Hall–Kier alpha value is -2.82. The minimum atomic E-state index is -0.685. The van der Waals surface area contributed by atoms with Gasteiger partial charge in [-0.15, -0.1) is 0 Å². The minimum absolute atomic E-state index is 0.0323. The number of anilines is 1. The first-order chi connectivity index (χ1) is 13.7. The van der Waals surface area contributed by atoms with E-state index >= 15 is 0 Å². The number of carbonyl (C=O) groups is 2. The third-order valence-corrected chi connectivity index (χ3v) is 4.87. The largest absolute Gasteiger partial charge is 0.481 e. The summed E-state index contributed by atoms with van der Waals surface area (Å²) >= 11 is 0. The Morgan fingerprint density at radius 3 is 2.45 bits per heavy atom. The molecule has 0 aliphatic heterocycles. The molecule has 5 nitrogen and oxygen atoms in total. The Labute approximate surface area is 174 Å². The van der Waals surface area contributed by atoms with Gasteiger partial charge in [0.05, 0.1) is 6.54 Å². The van der Waals surface area contributed by atoms with Gasteiger partial charge >= 0.3 is 0 Å². The average molecular weight is 397 g/mol. The van der Waals surface area contributed by atoms with Crippen LogP contribution in [0.2, 0.25) is 0 Å². The van der Waals surface area contributed by atoms with Crippen molar-refractivity contribution in [2.75, 3.05) is 18.9 Å². The molecule has 5 heteroatoms. The maximum absolute atomic E-state index is 12.7. The predicted octanol–water partition coefficient (Wildman–Crippen LogP) is 4.55. The van der Waals surface area contributed by atoms with Crippen molar-refractivity contribution >= 4 is 17.5 Å². The molecule has 0 bridgehead atoms. The quantitative estimate of drug-likeness (QED) is 0.712. The Balaban J connectivity index is 2.01. The molecule has 2 amide bonds. The summed E-state index contributed by atoms with van der Waals surface area (Å²) in [6.45, 7) is 9.90. The number of ether oxygens (including phenoxy) is 1. The molecule has 156 valence electrons. The van der Waals surface area contributed by atoms with Gasteiger partial charge in [-0.1, -0.05) is 51.1 Å². The first kappa shape index (κ1) is 22.5. The lowest BCUT2D eigenvalue weighted by Gasteiger charge is -2.24. The highest BCUT2D eigenvalue weighted by Crippen LogP contribution is 2.28. The Bertz CT molecular complexity index is 861. The highest BCUT2D eigenvalue weighted by Gasteiger charge is 2.22. The number of hydrogen-bond donors (Lipinski definition) is 1. The number of carbonyl (C=O) groups excluding carboxylic acids is 2. The van der Waals surface area contributed by atoms with Crippen molar-refractivity contribution in [3.05, 3.63) is 59.2 Å². The number of amides is 2. The summed E-state index contributed by atoms with van der Waals surface area (Å²) in [6, 6.07) is 13.7. The number of aryl methyl sites for hydroxylation is 2. The van der Waals surface area contributed by atoms with Gasteiger partial charge in [0.25, 0.3) is 5.91 Å². The molecule has 1 N–H and O–H groups in total. The molecule has 0 aliphatic rings. The molecule has 29 heavy (non-hydrogen) atoms. The topological polar surface area (TPSA) is 58.6 Å². The van der Waals surface area contributed by atoms with Crippen molar-refractivity contribution in [3.63, 3.8) is 0 Å². The second-order valence-corrected chi connectivity index (χ2v) is 7.71. The van der Waals surface area contributed by atoms with E-state index in [4.69, 9.17) is 4.74 Å². The number of hydrogen-bond acceptors (Lipinski definition) is 3. The molecule has 0 aliphatic carbocycles. The normalized spacial score (nSPS) is 11.8. The smallest absolute Gasteiger partial charge is 0.263 e. The van der Waals surface area contributed by atoms with Crippen LogP contribution >= 0.6 is 0 Å². The van der Waals surface area contributed by atoms with E-state index in [1.54, 1.807) is 14.0 Å². The van der Waals surface area contributed by atoms with Crippen molar-refractivity contribution < 1.29 is 14.3 Å². The molecule has 0 saturated carbocycles. The van der Waals surface area contributed by atoms with E-state index in [0.717, 1.165) is 34.5 Å². The van der Waals surface area contributed by atoms with Crippen LogP contribution in [0.1, 0.15) is 50.3 Å². The van der Waals surface area contributed by atoms with Gasteiger partial charge in [-0.05, 0) is 55.0 Å². The van der Waals surface area contributed by atoms with Crippen LogP contribution in [0.4, 0.5) is 5.69 Å². The second-order valence-electron chi connectivity index (χ2n) is 7.71. The number of para-hydroxylation sites is 1. The maximum atomic E-state index is 12.7. The molecule has 0 fully saturated rings. The van der Waals surface area contributed by atoms with Crippen LogP contribution in [0, 0.1) is 6.92 Å². The zero-order valence-corrected chi connectivity index (χ0v) is 18.3. The van der Waals surface area contributed by atoms with Crippen molar-refractivity contribution in [2.45, 2.75) is 53.1 Å². The van der Waals surface area contributed by atoms with Gasteiger partial charge in [0, 0.05) is 12.7 Å². The second kappa shape index (κ2) is 10.1. The molecule has 0 radical (unpaired) electrons. The van der Waals surface area contributed by atoms with E-state index in [9.17, 15) is 9.59 Å². The molecule has 1 atom stereocenters. The predicted molar refractivity (Wildman–Crippen MR) is 117 cm³/mol. The molecule has 0 heterocycles. The fourth-order valence-electron chi connectivity index (χ4n) is 3.21. The maximum Gasteiger partial charge on any atom is 0.263 e. The van der Waals surface area contributed by atoms with Crippen LogP contribution < -0.4 is 10.1 Å². The number of benzene rings is 2. The van der Waals surface area contributed by atoms with Gasteiger partial charge in [-0.2, -0.15) is 0 Å². The molecule has 0 saturated heterocycles. The highest BCUT2D eigenvalue weighted by atomic mass is 16.5. The lowest BCUT2D eigenvalue weighted by Crippen LogP contribution is -2.42. The fraction of sp³-hybridized carbons (Fsp3) is 0.417. The summed E-state index contributed by atoms with van der Waals surface area (Å²) < 4.78 is 5.98. The molecule has 2 rings (SSSR count). The molecule has 1 unspecified atom stereocenters. The Kier molecular flexibility index (Phi) is 7.82. The SMILES string of the molecule is CCc1ccccc1NC(=O)CN(C)C(=O)C(C)Oc1cc(C)ccc1C(C)C. The molecular formula is C24H32N2O3. The summed E-state index contributed by atoms with van der Waals surface area (Å²) in [6.07, 6.45) is 0.139. The first-order valence-electron chi connectivity index (χ1n) is 10.1. The summed E-state index contributed by atoms with van der Waals surface area (Å²) in [5, 5.41) is 2.89. The molecular weight excluding hydrogens is 364 g/mol. The highest BCUT2D eigenvalue weighted by molar-refractivity contribution is 5.95. The van der Waals surface area contributed by atoms with Crippen molar-refractivity contribution in [1.82, 2.24) is 4.90 Å². The van der Waals surface area contributed by atoms with Gasteiger partial charge in [0.15, 0.2) is 6.10 Å². The summed E-state index contributed by atoms with van der Waals surface area (Å²) in [7, 11) is 1.62. The third kappa shape index (κ3) is 6.08. The summed E-state index contributed by atoms with van der Waals surface area (Å²) in [5.74, 6) is 0.540. The monoisotopic (exact) mass is 396 g/mol. The molecule has 0 spiro atoms. The number of likely N-dealkylation sites (N-methyl/N-ethyl adjacent to an activating group) is 1. The van der Waals surface area contributed by atoms with Gasteiger partial charge in [0.1, 0.15) is 5.75 Å². The summed E-state index contributed by atoms with van der Waals surface area (Å²) in [5.41, 5.74) is 3.98. The van der Waals surface area contributed by atoms with E-state index in [-0.39, 0.29) is 24.3 Å². The van der Waals surface area contributed by atoms with Crippen molar-refractivity contribution in [3.8, 4) is 5.75 Å². The fourth-order valence-corrected chi connectivity index (χ4v) is 3.21. The van der Waals surface area contributed by atoms with Gasteiger partial charge < -0.3 is 15.0 Å². The zero-order valence-electron chi connectivity index (χ0n) is 18.3. The minimum Gasteiger partial charge on any atom is -0.481 e. The van der Waals surface area contributed by atoms with Crippen LogP contribution in [0.15, 0.2) is 42.5 Å². The van der Waals surface area contributed by atoms with Crippen molar-refractivity contribution in [2.24, 2.45) is 0 Å². The number of rotatable bonds is 8. The lowest BCUT2D eigenvalue weighted by molar-refractivity contribution is -0.139. The van der Waals surface area contributed by atoms with Crippen LogP contribution in [0.3, 0.4) is 0 Å². The number of nitrogens with zero attached hydrogens (tertiary/aromatic N) is 1. The van der Waals surface area contributed by atoms with Crippen molar-refractivity contribution in [1.29, 1.82) is 0 Å². The Morgan fingerprint density at radius 1 is 1.10 bits per heavy atom. The van der Waals surface area contributed by atoms with Crippen LogP contribution in [-0.4, -0.2) is 36.4 Å². The van der Waals surface area contributed by atoms with Crippen LogP contribution in [-0.2, 0) is 16.0 Å². The van der Waals surface area contributed by atoms with Gasteiger partial charge in [-0.25, -0.2) is 0 Å². The van der Waals surface area contributed by atoms with E-state index in [0.29, 0.717) is 0 Å². The molecule has 0 aromatic heterocycles. The van der Waals surface area contributed by atoms with E-state index in [1.807, 2.05) is 56.3 Å². The average Bonchev–Trinajstić information content (AvgIpc) is 2.67. The molecule has 2 aromatic rings.